The van der Waals surface area contributed by atoms with Crippen LogP contribution in [0.2, 0.25) is 0 Å². The number of rotatable bonds is 2. The average molecular weight is 238 g/mol. The summed E-state index contributed by atoms with van der Waals surface area (Å²) in [6, 6.07) is 2.47. The van der Waals surface area contributed by atoms with Crippen molar-refractivity contribution in [3.05, 3.63) is 29.1 Å². The summed E-state index contributed by atoms with van der Waals surface area (Å²) in [6.07, 6.45) is 2.52. The molecule has 0 radical (unpaired) electrons. The van der Waals surface area contributed by atoms with Crippen LogP contribution in [-0.2, 0) is 10.2 Å². The summed E-state index contributed by atoms with van der Waals surface area (Å²) >= 11 is 0. The highest BCUT2D eigenvalue weighted by Gasteiger charge is 2.44. The van der Waals surface area contributed by atoms with Crippen molar-refractivity contribution in [2.45, 2.75) is 38.0 Å². The van der Waals surface area contributed by atoms with Crippen molar-refractivity contribution in [1.82, 2.24) is 0 Å². The van der Waals surface area contributed by atoms with E-state index in [1.807, 2.05) is 0 Å². The first-order chi connectivity index (χ1) is 7.97. The van der Waals surface area contributed by atoms with E-state index in [4.69, 9.17) is 0 Å². The quantitative estimate of drug-likeness (QED) is 0.832. The highest BCUT2D eigenvalue weighted by Crippen LogP contribution is 2.43. The first-order valence-corrected chi connectivity index (χ1v) is 5.70. The molecule has 0 saturated heterocycles. The summed E-state index contributed by atoms with van der Waals surface area (Å²) in [5.74, 6) is -1.74. The highest BCUT2D eigenvalue weighted by atomic mass is 19.1. The van der Waals surface area contributed by atoms with E-state index in [0.29, 0.717) is 18.4 Å². The first-order valence-electron chi connectivity index (χ1n) is 5.70. The number of aromatic hydroxyl groups is 1. The molecule has 1 aromatic rings. The third-order valence-electron chi connectivity index (χ3n) is 3.67. The summed E-state index contributed by atoms with van der Waals surface area (Å²) in [5.41, 5.74) is -0.394. The second kappa shape index (κ2) is 4.02. The number of halogens is 1. The second-order valence-corrected chi connectivity index (χ2v) is 4.71. The van der Waals surface area contributed by atoms with Crippen molar-refractivity contribution in [2.75, 3.05) is 0 Å². The van der Waals surface area contributed by atoms with Crippen LogP contribution in [0.15, 0.2) is 12.1 Å². The van der Waals surface area contributed by atoms with Crippen molar-refractivity contribution < 1.29 is 19.4 Å². The lowest BCUT2D eigenvalue weighted by Gasteiger charge is -2.25. The molecular weight excluding hydrogens is 223 g/mol. The van der Waals surface area contributed by atoms with Gasteiger partial charge in [0.1, 0.15) is 11.6 Å². The molecule has 1 aliphatic carbocycles. The lowest BCUT2D eigenvalue weighted by atomic mass is 9.78. The number of phenols is 1. The molecule has 0 bridgehead atoms. The largest absolute Gasteiger partial charge is 0.508 e. The topological polar surface area (TPSA) is 57.5 Å². The minimum absolute atomic E-state index is 0.134. The zero-order valence-electron chi connectivity index (χ0n) is 9.66. The second-order valence-electron chi connectivity index (χ2n) is 4.71. The molecule has 1 saturated carbocycles. The number of carboxylic acids is 1. The Morgan fingerprint density at radius 2 is 1.94 bits per heavy atom. The predicted octanol–water partition coefficient (Wildman–Crippen LogP) is 2.74. The smallest absolute Gasteiger partial charge is 0.314 e. The molecule has 0 aliphatic heterocycles. The number of benzene rings is 1. The number of hydrogen-bond donors (Lipinski definition) is 2. The molecule has 1 fully saturated rings. The van der Waals surface area contributed by atoms with Crippen LogP contribution < -0.4 is 0 Å². The fourth-order valence-corrected chi connectivity index (χ4v) is 2.61. The van der Waals surface area contributed by atoms with Gasteiger partial charge in [0.05, 0.1) is 5.41 Å². The Bertz CT molecular complexity index is 462. The van der Waals surface area contributed by atoms with Crippen molar-refractivity contribution in [3.8, 4) is 5.75 Å². The highest BCUT2D eigenvalue weighted by molar-refractivity contribution is 5.82. The number of carboxylic acid groups (broad SMARTS) is 1. The van der Waals surface area contributed by atoms with Crippen LogP contribution >= 0.6 is 0 Å². The fourth-order valence-electron chi connectivity index (χ4n) is 2.61. The Morgan fingerprint density at radius 3 is 2.47 bits per heavy atom. The van der Waals surface area contributed by atoms with E-state index in [1.54, 1.807) is 6.92 Å². The Balaban J connectivity index is 2.58. The van der Waals surface area contributed by atoms with E-state index in [9.17, 15) is 19.4 Å². The van der Waals surface area contributed by atoms with Gasteiger partial charge in [0, 0.05) is 11.6 Å². The molecule has 0 unspecified atom stereocenters. The zero-order chi connectivity index (χ0) is 12.6. The van der Waals surface area contributed by atoms with Gasteiger partial charge in [-0.2, -0.15) is 0 Å². The van der Waals surface area contributed by atoms with Crippen LogP contribution in [0, 0.1) is 12.7 Å². The van der Waals surface area contributed by atoms with Gasteiger partial charge in [-0.15, -0.1) is 0 Å². The molecule has 2 N–H and O–H groups in total. The number of carbonyl (C=O) groups is 1. The normalized spacial score (nSPS) is 18.2. The Hall–Kier alpha value is -1.58. The maximum atomic E-state index is 13.9. The van der Waals surface area contributed by atoms with Gasteiger partial charge < -0.3 is 10.2 Å². The number of hydrogen-bond acceptors (Lipinski definition) is 2. The molecule has 1 aliphatic rings. The molecule has 92 valence electrons. The third-order valence-corrected chi connectivity index (χ3v) is 3.67. The van der Waals surface area contributed by atoms with Crippen molar-refractivity contribution >= 4 is 5.97 Å². The number of phenolic OH excluding ortho intramolecular Hbond substituents is 1. The predicted molar refractivity (Wildman–Crippen MR) is 60.6 cm³/mol. The summed E-state index contributed by atoms with van der Waals surface area (Å²) < 4.78 is 13.9. The molecule has 0 amide bonds. The maximum absolute atomic E-state index is 13.9. The number of aryl methyl sites for hydroxylation is 1. The summed E-state index contributed by atoms with van der Waals surface area (Å²) in [5, 5.41) is 18.8. The SMILES string of the molecule is Cc1cc(C2(C(=O)O)CCCC2)c(F)cc1O. The molecule has 4 heteroatoms. The van der Waals surface area contributed by atoms with E-state index < -0.39 is 17.2 Å². The van der Waals surface area contributed by atoms with E-state index in [0.717, 1.165) is 18.9 Å². The van der Waals surface area contributed by atoms with Crippen LogP contribution in [0.25, 0.3) is 0 Å². The van der Waals surface area contributed by atoms with E-state index in [-0.39, 0.29) is 11.3 Å². The van der Waals surface area contributed by atoms with Crippen LogP contribution in [-0.4, -0.2) is 16.2 Å². The minimum Gasteiger partial charge on any atom is -0.508 e. The Labute approximate surface area is 98.9 Å². The van der Waals surface area contributed by atoms with Gasteiger partial charge in [-0.1, -0.05) is 12.8 Å². The van der Waals surface area contributed by atoms with Gasteiger partial charge in [0.2, 0.25) is 0 Å². The first kappa shape index (κ1) is 11.9. The van der Waals surface area contributed by atoms with Gasteiger partial charge in [-0.3, -0.25) is 4.79 Å². The molecule has 0 atom stereocenters. The van der Waals surface area contributed by atoms with Crippen molar-refractivity contribution in [3.63, 3.8) is 0 Å². The lowest BCUT2D eigenvalue weighted by Crippen LogP contribution is -2.33. The molecule has 0 spiro atoms. The van der Waals surface area contributed by atoms with Crippen LogP contribution in [0.1, 0.15) is 36.8 Å². The van der Waals surface area contributed by atoms with Crippen molar-refractivity contribution in [2.24, 2.45) is 0 Å². The fraction of sp³-hybridized carbons (Fsp3) is 0.462. The van der Waals surface area contributed by atoms with Crippen LogP contribution in [0.4, 0.5) is 4.39 Å². The monoisotopic (exact) mass is 238 g/mol. The van der Waals surface area contributed by atoms with Gasteiger partial charge in [-0.05, 0) is 31.4 Å². The summed E-state index contributed by atoms with van der Waals surface area (Å²) in [7, 11) is 0. The van der Waals surface area contributed by atoms with Crippen LogP contribution in [0.5, 0.6) is 5.75 Å². The number of aliphatic carboxylic acids is 1. The van der Waals surface area contributed by atoms with Crippen molar-refractivity contribution in [1.29, 1.82) is 0 Å². The molecule has 0 heterocycles. The lowest BCUT2D eigenvalue weighted by molar-refractivity contribution is -0.143. The molecule has 17 heavy (non-hydrogen) atoms. The minimum atomic E-state index is -1.11. The summed E-state index contributed by atoms with van der Waals surface area (Å²) in [4.78, 5) is 11.4. The Morgan fingerprint density at radius 1 is 1.35 bits per heavy atom. The summed E-state index contributed by atoms with van der Waals surface area (Å²) in [6.45, 7) is 1.64. The molecule has 0 aromatic heterocycles. The van der Waals surface area contributed by atoms with E-state index in [2.05, 4.69) is 0 Å². The molecule has 2 rings (SSSR count). The van der Waals surface area contributed by atoms with Gasteiger partial charge in [0.15, 0.2) is 0 Å². The van der Waals surface area contributed by atoms with Crippen LogP contribution in [0.3, 0.4) is 0 Å². The third kappa shape index (κ3) is 1.77. The molecule has 1 aromatic carbocycles. The van der Waals surface area contributed by atoms with E-state index >= 15 is 0 Å². The standard InChI is InChI=1S/C13H15FO3/c1-8-6-9(10(14)7-11(8)15)13(12(16)17)4-2-3-5-13/h6-7,15H,2-5H2,1H3,(H,16,17). The molecular formula is C13H15FO3. The maximum Gasteiger partial charge on any atom is 0.314 e. The van der Waals surface area contributed by atoms with E-state index in [1.165, 1.54) is 6.07 Å². The van der Waals surface area contributed by atoms with Gasteiger partial charge >= 0.3 is 5.97 Å². The van der Waals surface area contributed by atoms with Gasteiger partial charge in [0.25, 0.3) is 0 Å². The molecule has 3 nitrogen and oxygen atoms in total. The van der Waals surface area contributed by atoms with Gasteiger partial charge in [-0.25, -0.2) is 4.39 Å². The average Bonchev–Trinajstić information content (AvgIpc) is 2.73. The Kier molecular flexibility index (Phi) is 2.81. The zero-order valence-corrected chi connectivity index (χ0v) is 9.66.